The summed E-state index contributed by atoms with van der Waals surface area (Å²) in [6, 6.07) is 19.0. The average Bonchev–Trinajstić information content (AvgIpc) is 2.78. The monoisotopic (exact) mass is 389 g/mol. The third-order valence-corrected chi connectivity index (χ3v) is 5.18. The number of amides is 2. The molecule has 0 unspecified atom stereocenters. The number of rotatable bonds is 5. The summed E-state index contributed by atoms with van der Waals surface area (Å²) in [4.78, 5) is 31.1. The van der Waals surface area contributed by atoms with Gasteiger partial charge in [-0.3, -0.25) is 14.6 Å². The molecule has 3 aromatic rings. The van der Waals surface area contributed by atoms with Gasteiger partial charge in [-0.2, -0.15) is 0 Å². The summed E-state index contributed by atoms with van der Waals surface area (Å²) in [5, 5.41) is 3.95. The van der Waals surface area contributed by atoms with Crippen LogP contribution >= 0.6 is 0 Å². The molecule has 0 spiro atoms. The van der Waals surface area contributed by atoms with E-state index in [9.17, 15) is 9.59 Å². The first-order valence-corrected chi connectivity index (χ1v) is 9.80. The van der Waals surface area contributed by atoms with Crippen LogP contribution < -0.4 is 10.1 Å². The zero-order valence-corrected chi connectivity index (χ0v) is 16.1. The average molecular weight is 389 g/mol. The van der Waals surface area contributed by atoms with Crippen LogP contribution in [0.15, 0.2) is 66.9 Å². The molecule has 0 radical (unpaired) electrons. The molecule has 2 amide bonds. The van der Waals surface area contributed by atoms with Crippen molar-refractivity contribution in [3.8, 4) is 5.75 Å². The first-order chi connectivity index (χ1) is 14.2. The van der Waals surface area contributed by atoms with E-state index in [1.54, 1.807) is 11.1 Å². The molecular weight excluding hydrogens is 366 g/mol. The maximum absolute atomic E-state index is 12.6. The Balaban J connectivity index is 1.27. The van der Waals surface area contributed by atoms with Crippen molar-refractivity contribution in [2.45, 2.75) is 12.8 Å². The quantitative estimate of drug-likeness (QED) is 0.725. The molecule has 1 aliphatic rings. The minimum Gasteiger partial charge on any atom is -0.484 e. The number of nitrogens with one attached hydrogen (secondary N) is 1. The van der Waals surface area contributed by atoms with Crippen LogP contribution in [0.25, 0.3) is 10.9 Å². The Labute approximate surface area is 169 Å². The maximum Gasteiger partial charge on any atom is 0.260 e. The molecule has 0 atom stereocenters. The van der Waals surface area contributed by atoms with Gasteiger partial charge in [0.25, 0.3) is 5.91 Å². The maximum atomic E-state index is 12.6. The van der Waals surface area contributed by atoms with E-state index in [0.29, 0.717) is 37.4 Å². The van der Waals surface area contributed by atoms with Crippen LogP contribution in [0.4, 0.5) is 5.69 Å². The van der Waals surface area contributed by atoms with Gasteiger partial charge in [0.05, 0.1) is 17.4 Å². The van der Waals surface area contributed by atoms with E-state index >= 15 is 0 Å². The van der Waals surface area contributed by atoms with E-state index in [4.69, 9.17) is 4.74 Å². The van der Waals surface area contributed by atoms with Gasteiger partial charge in [0.15, 0.2) is 6.61 Å². The highest BCUT2D eigenvalue weighted by Gasteiger charge is 2.27. The number of hydrogen-bond donors (Lipinski definition) is 1. The van der Waals surface area contributed by atoms with Gasteiger partial charge in [-0.05, 0) is 37.1 Å². The summed E-state index contributed by atoms with van der Waals surface area (Å²) < 4.78 is 5.53. The van der Waals surface area contributed by atoms with Crippen molar-refractivity contribution in [3.63, 3.8) is 0 Å². The fraction of sp³-hybridized carbons (Fsp3) is 0.261. The SMILES string of the molecule is O=C(Nc1cnc2ccccc2c1)C1CCN(C(=O)COc2ccccc2)CC1. The van der Waals surface area contributed by atoms with Gasteiger partial charge in [-0.25, -0.2) is 0 Å². The molecule has 29 heavy (non-hydrogen) atoms. The van der Waals surface area contributed by atoms with E-state index < -0.39 is 0 Å². The number of hydrogen-bond acceptors (Lipinski definition) is 4. The number of para-hydroxylation sites is 2. The van der Waals surface area contributed by atoms with E-state index in [-0.39, 0.29) is 24.3 Å². The topological polar surface area (TPSA) is 71.5 Å². The Morgan fingerprint density at radius 1 is 1.03 bits per heavy atom. The van der Waals surface area contributed by atoms with Crippen LogP contribution in [-0.4, -0.2) is 41.4 Å². The number of benzene rings is 2. The van der Waals surface area contributed by atoms with Gasteiger partial charge >= 0.3 is 0 Å². The van der Waals surface area contributed by atoms with Gasteiger partial charge in [-0.1, -0.05) is 36.4 Å². The molecule has 6 nitrogen and oxygen atoms in total. The Kier molecular flexibility index (Phi) is 5.70. The van der Waals surface area contributed by atoms with Gasteiger partial charge in [0, 0.05) is 24.4 Å². The molecule has 2 aromatic carbocycles. The first kappa shape index (κ1) is 18.9. The van der Waals surface area contributed by atoms with E-state index in [1.807, 2.05) is 60.7 Å². The zero-order chi connectivity index (χ0) is 20.1. The molecule has 148 valence electrons. The van der Waals surface area contributed by atoms with Gasteiger partial charge in [-0.15, -0.1) is 0 Å². The van der Waals surface area contributed by atoms with Gasteiger partial charge in [0.1, 0.15) is 5.75 Å². The molecule has 0 bridgehead atoms. The second-order valence-corrected chi connectivity index (χ2v) is 7.16. The number of pyridine rings is 1. The number of piperidine rings is 1. The standard InChI is InChI=1S/C23H23N3O3/c27-22(16-29-20-7-2-1-3-8-20)26-12-10-17(11-13-26)23(28)25-19-14-18-6-4-5-9-21(18)24-15-19/h1-9,14-15,17H,10-13,16H2,(H,25,28). The lowest BCUT2D eigenvalue weighted by Crippen LogP contribution is -2.43. The van der Waals surface area contributed by atoms with Crippen LogP contribution in [0.5, 0.6) is 5.75 Å². The predicted molar refractivity (Wildman–Crippen MR) is 112 cm³/mol. The van der Waals surface area contributed by atoms with E-state index in [1.165, 1.54) is 0 Å². The summed E-state index contributed by atoms with van der Waals surface area (Å²) in [7, 11) is 0. The number of aromatic nitrogens is 1. The lowest BCUT2D eigenvalue weighted by molar-refractivity contribution is -0.136. The van der Waals surface area contributed by atoms with Crippen molar-refractivity contribution in [2.75, 3.05) is 25.0 Å². The highest BCUT2D eigenvalue weighted by atomic mass is 16.5. The Morgan fingerprint density at radius 2 is 1.76 bits per heavy atom. The second kappa shape index (κ2) is 8.73. The van der Waals surface area contributed by atoms with Gasteiger partial charge in [0.2, 0.25) is 5.91 Å². The predicted octanol–water partition coefficient (Wildman–Crippen LogP) is 3.49. The summed E-state index contributed by atoms with van der Waals surface area (Å²) in [6.45, 7) is 1.14. The molecule has 1 saturated heterocycles. The smallest absolute Gasteiger partial charge is 0.260 e. The van der Waals surface area contributed by atoms with Crippen molar-refractivity contribution < 1.29 is 14.3 Å². The van der Waals surface area contributed by atoms with Crippen molar-refractivity contribution in [1.82, 2.24) is 9.88 Å². The molecule has 1 fully saturated rings. The number of likely N-dealkylation sites (tertiary alicyclic amines) is 1. The Morgan fingerprint density at radius 3 is 2.55 bits per heavy atom. The largest absolute Gasteiger partial charge is 0.484 e. The summed E-state index contributed by atoms with van der Waals surface area (Å²) in [6.07, 6.45) is 2.97. The third-order valence-electron chi connectivity index (χ3n) is 5.18. The van der Waals surface area contributed by atoms with Crippen LogP contribution in [0.2, 0.25) is 0 Å². The lowest BCUT2D eigenvalue weighted by atomic mass is 9.95. The number of carbonyl (C=O) groups excluding carboxylic acids is 2. The van der Waals surface area contributed by atoms with E-state index in [2.05, 4.69) is 10.3 Å². The zero-order valence-electron chi connectivity index (χ0n) is 16.1. The Bertz CT molecular complexity index is 998. The summed E-state index contributed by atoms with van der Waals surface area (Å²) >= 11 is 0. The number of anilines is 1. The molecule has 1 aromatic heterocycles. The normalized spacial score (nSPS) is 14.6. The van der Waals surface area contributed by atoms with E-state index in [0.717, 1.165) is 10.9 Å². The highest BCUT2D eigenvalue weighted by molar-refractivity contribution is 5.94. The van der Waals surface area contributed by atoms with Crippen LogP contribution in [0.1, 0.15) is 12.8 Å². The Hall–Kier alpha value is -3.41. The molecular formula is C23H23N3O3. The highest BCUT2D eigenvalue weighted by Crippen LogP contribution is 2.21. The summed E-state index contributed by atoms with van der Waals surface area (Å²) in [5.41, 5.74) is 1.60. The van der Waals surface area contributed by atoms with Crippen LogP contribution in [-0.2, 0) is 9.59 Å². The van der Waals surface area contributed by atoms with Gasteiger partial charge < -0.3 is 15.0 Å². The molecule has 1 aliphatic heterocycles. The molecule has 6 heteroatoms. The third kappa shape index (κ3) is 4.71. The van der Waals surface area contributed by atoms with Crippen molar-refractivity contribution in [2.24, 2.45) is 5.92 Å². The summed E-state index contributed by atoms with van der Waals surface area (Å²) in [5.74, 6) is 0.501. The first-order valence-electron chi connectivity index (χ1n) is 9.80. The number of fused-ring (bicyclic) bond motifs is 1. The molecule has 1 N–H and O–H groups in total. The van der Waals surface area contributed by atoms with Crippen molar-refractivity contribution >= 4 is 28.4 Å². The number of carbonyl (C=O) groups is 2. The fourth-order valence-corrected chi connectivity index (χ4v) is 3.53. The van der Waals surface area contributed by atoms with Crippen LogP contribution in [0, 0.1) is 5.92 Å². The molecule has 0 saturated carbocycles. The van der Waals surface area contributed by atoms with Crippen LogP contribution in [0.3, 0.4) is 0 Å². The molecule has 2 heterocycles. The minimum atomic E-state index is -0.111. The molecule has 4 rings (SSSR count). The lowest BCUT2D eigenvalue weighted by Gasteiger charge is -2.31. The fourth-order valence-electron chi connectivity index (χ4n) is 3.53. The number of nitrogens with zero attached hydrogens (tertiary/aromatic N) is 2. The van der Waals surface area contributed by atoms with Crippen molar-refractivity contribution in [3.05, 3.63) is 66.9 Å². The van der Waals surface area contributed by atoms with Crippen molar-refractivity contribution in [1.29, 1.82) is 0 Å². The minimum absolute atomic E-state index is 0.0175. The second-order valence-electron chi connectivity index (χ2n) is 7.16. The number of ether oxygens (including phenoxy) is 1. The molecule has 0 aliphatic carbocycles.